The fourth-order valence-electron chi connectivity index (χ4n) is 2.19. The van der Waals surface area contributed by atoms with Gasteiger partial charge in [0.15, 0.2) is 0 Å². The topological polar surface area (TPSA) is 51.7 Å². The highest BCUT2D eigenvalue weighted by Gasteiger charge is 2.33. The summed E-state index contributed by atoms with van der Waals surface area (Å²) in [7, 11) is 0. The van der Waals surface area contributed by atoms with Crippen molar-refractivity contribution in [3.05, 3.63) is 23.4 Å². The quantitative estimate of drug-likeness (QED) is 0.827. The number of carbonyl (C=O) groups is 1. The first kappa shape index (κ1) is 14.8. The molecule has 1 aromatic rings. The number of likely N-dealkylation sites (tertiary alicyclic amines) is 1. The Morgan fingerprint density at radius 3 is 2.75 bits per heavy atom. The number of pyridine rings is 1. The predicted molar refractivity (Wildman–Crippen MR) is 76.1 cm³/mol. The van der Waals surface area contributed by atoms with Crippen molar-refractivity contribution in [3.63, 3.8) is 0 Å². The number of amides is 1. The zero-order chi connectivity index (χ0) is 14.7. The van der Waals surface area contributed by atoms with Gasteiger partial charge in [0.25, 0.3) is 5.91 Å². The van der Waals surface area contributed by atoms with Gasteiger partial charge in [0.05, 0.1) is 18.8 Å². The van der Waals surface area contributed by atoms with Gasteiger partial charge in [-0.25, -0.2) is 4.98 Å². The van der Waals surface area contributed by atoms with E-state index in [4.69, 9.17) is 9.47 Å². The van der Waals surface area contributed by atoms with Crippen LogP contribution in [-0.2, 0) is 4.74 Å². The largest absolute Gasteiger partial charge is 0.477 e. The van der Waals surface area contributed by atoms with E-state index < -0.39 is 0 Å². The van der Waals surface area contributed by atoms with Gasteiger partial charge in [-0.2, -0.15) is 0 Å². The summed E-state index contributed by atoms with van der Waals surface area (Å²) in [6.45, 7) is 9.53. The molecule has 5 heteroatoms. The Bertz CT molecular complexity index is 482. The third kappa shape index (κ3) is 3.28. The molecule has 1 saturated heterocycles. The summed E-state index contributed by atoms with van der Waals surface area (Å²) in [4.78, 5) is 18.5. The first-order valence-electron chi connectivity index (χ1n) is 7.06. The van der Waals surface area contributed by atoms with Gasteiger partial charge < -0.3 is 14.4 Å². The van der Waals surface area contributed by atoms with Crippen LogP contribution in [-0.4, -0.2) is 47.7 Å². The molecule has 0 saturated carbocycles. The van der Waals surface area contributed by atoms with Crippen molar-refractivity contribution < 1.29 is 14.3 Å². The molecule has 1 aromatic heterocycles. The second-order valence-electron chi connectivity index (χ2n) is 5.26. The summed E-state index contributed by atoms with van der Waals surface area (Å²) in [5.41, 5.74) is 1.37. The normalized spacial score (nSPS) is 15.3. The SMILES string of the molecule is CCOc1nc(C)ccc1C(=O)N1CC(OC(C)C)C1. The van der Waals surface area contributed by atoms with Crippen LogP contribution in [0.2, 0.25) is 0 Å². The molecule has 0 N–H and O–H groups in total. The lowest BCUT2D eigenvalue weighted by molar-refractivity contribution is -0.0685. The Balaban J connectivity index is 2.03. The lowest BCUT2D eigenvalue weighted by Crippen LogP contribution is -2.55. The maximum Gasteiger partial charge on any atom is 0.259 e. The van der Waals surface area contributed by atoms with Crippen molar-refractivity contribution in [2.75, 3.05) is 19.7 Å². The second-order valence-corrected chi connectivity index (χ2v) is 5.26. The Morgan fingerprint density at radius 1 is 1.45 bits per heavy atom. The van der Waals surface area contributed by atoms with Gasteiger partial charge in [0.2, 0.25) is 5.88 Å². The molecule has 0 aromatic carbocycles. The van der Waals surface area contributed by atoms with Gasteiger partial charge >= 0.3 is 0 Å². The highest BCUT2D eigenvalue weighted by atomic mass is 16.5. The lowest BCUT2D eigenvalue weighted by atomic mass is 10.1. The van der Waals surface area contributed by atoms with Crippen LogP contribution in [0.5, 0.6) is 5.88 Å². The highest BCUT2D eigenvalue weighted by Crippen LogP contribution is 2.22. The Hall–Kier alpha value is -1.62. The van der Waals surface area contributed by atoms with Crippen molar-refractivity contribution in [3.8, 4) is 5.88 Å². The van der Waals surface area contributed by atoms with E-state index in [2.05, 4.69) is 4.98 Å². The van der Waals surface area contributed by atoms with Gasteiger partial charge in [-0.05, 0) is 39.8 Å². The first-order chi connectivity index (χ1) is 9.51. The number of hydrogen-bond donors (Lipinski definition) is 0. The van der Waals surface area contributed by atoms with E-state index in [1.165, 1.54) is 0 Å². The number of aryl methyl sites for hydroxylation is 1. The van der Waals surface area contributed by atoms with E-state index in [1.54, 1.807) is 11.0 Å². The van der Waals surface area contributed by atoms with Crippen LogP contribution < -0.4 is 4.74 Å². The molecule has 1 fully saturated rings. The van der Waals surface area contributed by atoms with E-state index in [1.807, 2.05) is 33.8 Å². The fourth-order valence-corrected chi connectivity index (χ4v) is 2.19. The number of ether oxygens (including phenoxy) is 2. The Labute approximate surface area is 119 Å². The summed E-state index contributed by atoms with van der Waals surface area (Å²) in [6, 6.07) is 3.62. The molecular weight excluding hydrogens is 256 g/mol. The van der Waals surface area contributed by atoms with Crippen molar-refractivity contribution in [2.24, 2.45) is 0 Å². The highest BCUT2D eigenvalue weighted by molar-refractivity contribution is 5.97. The molecular formula is C15H22N2O3. The van der Waals surface area contributed by atoms with E-state index in [0.29, 0.717) is 31.1 Å². The van der Waals surface area contributed by atoms with Crippen molar-refractivity contribution >= 4 is 5.91 Å². The second kappa shape index (κ2) is 6.22. The lowest BCUT2D eigenvalue weighted by Gasteiger charge is -2.39. The van der Waals surface area contributed by atoms with Gasteiger partial charge in [-0.3, -0.25) is 4.79 Å². The molecule has 0 spiro atoms. The van der Waals surface area contributed by atoms with Crippen molar-refractivity contribution in [1.82, 2.24) is 9.88 Å². The third-order valence-electron chi connectivity index (χ3n) is 3.11. The number of aromatic nitrogens is 1. The zero-order valence-electron chi connectivity index (χ0n) is 12.5. The van der Waals surface area contributed by atoms with E-state index in [0.717, 1.165) is 5.69 Å². The standard InChI is InChI=1S/C15H22N2O3/c1-5-19-14-13(7-6-11(4)16-14)15(18)17-8-12(9-17)20-10(2)3/h6-7,10,12H,5,8-9H2,1-4H3. The van der Waals surface area contributed by atoms with Gasteiger partial charge in [0, 0.05) is 18.8 Å². The number of hydrogen-bond acceptors (Lipinski definition) is 4. The molecule has 0 atom stereocenters. The summed E-state index contributed by atoms with van der Waals surface area (Å²) < 4.78 is 11.1. The maximum atomic E-state index is 12.4. The number of carbonyl (C=O) groups excluding carboxylic acids is 1. The predicted octanol–water partition coefficient (Wildman–Crippen LogP) is 2.04. The maximum absolute atomic E-state index is 12.4. The van der Waals surface area contributed by atoms with Crippen LogP contribution in [0.15, 0.2) is 12.1 Å². The van der Waals surface area contributed by atoms with E-state index >= 15 is 0 Å². The molecule has 2 rings (SSSR count). The minimum Gasteiger partial charge on any atom is -0.477 e. The molecule has 0 bridgehead atoms. The Kier molecular flexibility index (Phi) is 4.60. The molecule has 20 heavy (non-hydrogen) atoms. The molecule has 0 unspecified atom stereocenters. The third-order valence-corrected chi connectivity index (χ3v) is 3.11. The van der Waals surface area contributed by atoms with E-state index in [-0.39, 0.29) is 18.1 Å². The van der Waals surface area contributed by atoms with Gasteiger partial charge in [-0.1, -0.05) is 0 Å². The molecule has 2 heterocycles. The molecule has 5 nitrogen and oxygen atoms in total. The minimum atomic E-state index is -0.0374. The summed E-state index contributed by atoms with van der Waals surface area (Å²) in [6.07, 6.45) is 0.338. The summed E-state index contributed by atoms with van der Waals surface area (Å²) in [5.74, 6) is 0.385. The number of nitrogens with zero attached hydrogens (tertiary/aromatic N) is 2. The van der Waals surface area contributed by atoms with Crippen LogP contribution in [0.25, 0.3) is 0 Å². The smallest absolute Gasteiger partial charge is 0.259 e. The molecule has 110 valence electrons. The van der Waals surface area contributed by atoms with Crippen LogP contribution in [0.4, 0.5) is 0 Å². The van der Waals surface area contributed by atoms with Gasteiger partial charge in [0.1, 0.15) is 5.56 Å². The Morgan fingerprint density at radius 2 is 2.15 bits per heavy atom. The van der Waals surface area contributed by atoms with Crippen molar-refractivity contribution in [2.45, 2.75) is 39.9 Å². The van der Waals surface area contributed by atoms with Crippen LogP contribution in [0, 0.1) is 6.92 Å². The summed E-state index contributed by atoms with van der Waals surface area (Å²) >= 11 is 0. The average molecular weight is 278 g/mol. The number of rotatable bonds is 5. The molecule has 0 radical (unpaired) electrons. The van der Waals surface area contributed by atoms with Crippen LogP contribution in [0.3, 0.4) is 0 Å². The van der Waals surface area contributed by atoms with E-state index in [9.17, 15) is 4.79 Å². The molecule has 1 aliphatic rings. The van der Waals surface area contributed by atoms with Gasteiger partial charge in [-0.15, -0.1) is 0 Å². The molecule has 0 aliphatic carbocycles. The van der Waals surface area contributed by atoms with Crippen LogP contribution in [0.1, 0.15) is 36.8 Å². The monoisotopic (exact) mass is 278 g/mol. The minimum absolute atomic E-state index is 0.0374. The van der Waals surface area contributed by atoms with Crippen LogP contribution >= 0.6 is 0 Å². The average Bonchev–Trinajstić information content (AvgIpc) is 2.33. The van der Waals surface area contributed by atoms with Crippen molar-refractivity contribution in [1.29, 1.82) is 0 Å². The fraction of sp³-hybridized carbons (Fsp3) is 0.600. The molecule has 1 aliphatic heterocycles. The summed E-state index contributed by atoms with van der Waals surface area (Å²) in [5, 5.41) is 0. The zero-order valence-corrected chi connectivity index (χ0v) is 12.5. The molecule has 1 amide bonds. The first-order valence-corrected chi connectivity index (χ1v) is 7.06.